The molecule has 0 atom stereocenters. The lowest BCUT2D eigenvalue weighted by Gasteiger charge is -2.36. The van der Waals surface area contributed by atoms with Gasteiger partial charge in [0.1, 0.15) is 0 Å². The summed E-state index contributed by atoms with van der Waals surface area (Å²) in [7, 11) is 0. The van der Waals surface area contributed by atoms with Crippen LogP contribution in [0.2, 0.25) is 0 Å². The van der Waals surface area contributed by atoms with Gasteiger partial charge in [-0.15, -0.1) is 11.8 Å². The molecular formula is C18H24BrN3O3S. The molecule has 2 amide bonds. The van der Waals surface area contributed by atoms with Crippen LogP contribution >= 0.6 is 27.7 Å². The second kappa shape index (κ2) is 9.73. The molecule has 2 aliphatic rings. The first-order chi connectivity index (χ1) is 12.6. The van der Waals surface area contributed by atoms with Crippen molar-refractivity contribution in [2.75, 3.05) is 64.8 Å². The molecule has 26 heavy (non-hydrogen) atoms. The molecule has 2 heterocycles. The van der Waals surface area contributed by atoms with Gasteiger partial charge in [0.05, 0.1) is 25.5 Å². The van der Waals surface area contributed by atoms with Crippen LogP contribution in [0.1, 0.15) is 0 Å². The highest BCUT2D eigenvalue weighted by molar-refractivity contribution is 9.10. The molecule has 0 bridgehead atoms. The third kappa shape index (κ3) is 5.70. The zero-order valence-electron chi connectivity index (χ0n) is 14.7. The molecule has 0 N–H and O–H groups in total. The minimum atomic E-state index is 0.137. The van der Waals surface area contributed by atoms with E-state index in [9.17, 15) is 9.59 Å². The van der Waals surface area contributed by atoms with Crippen LogP contribution in [0, 0.1) is 0 Å². The standard InChI is InChI=1S/C18H24BrN3O3S/c19-15-1-3-16(4-2-15)26-14-18(24)22-7-5-21(6-8-22)17(23)13-20-9-11-25-12-10-20/h1-4H,5-14H2. The second-order valence-corrected chi connectivity index (χ2v) is 8.36. The Morgan fingerprint density at radius 3 is 2.12 bits per heavy atom. The number of morpholine rings is 1. The van der Waals surface area contributed by atoms with Gasteiger partial charge in [0, 0.05) is 48.6 Å². The Morgan fingerprint density at radius 1 is 0.923 bits per heavy atom. The van der Waals surface area contributed by atoms with Crippen molar-refractivity contribution in [2.45, 2.75) is 4.90 Å². The summed E-state index contributed by atoms with van der Waals surface area (Å²) in [5, 5.41) is 0. The number of thioether (sulfide) groups is 1. The minimum Gasteiger partial charge on any atom is -0.379 e. The number of hydrogen-bond acceptors (Lipinski definition) is 5. The summed E-state index contributed by atoms with van der Waals surface area (Å²) in [6.07, 6.45) is 0. The molecule has 2 aliphatic heterocycles. The lowest BCUT2D eigenvalue weighted by atomic mass is 10.3. The van der Waals surface area contributed by atoms with Crippen LogP contribution in [0.4, 0.5) is 0 Å². The van der Waals surface area contributed by atoms with E-state index >= 15 is 0 Å². The van der Waals surface area contributed by atoms with Gasteiger partial charge in [-0.3, -0.25) is 14.5 Å². The molecule has 142 valence electrons. The second-order valence-electron chi connectivity index (χ2n) is 6.39. The first-order valence-corrected chi connectivity index (χ1v) is 10.6. The molecule has 8 heteroatoms. The molecule has 2 fully saturated rings. The third-order valence-corrected chi connectivity index (χ3v) is 6.15. The van der Waals surface area contributed by atoms with E-state index in [-0.39, 0.29) is 11.8 Å². The van der Waals surface area contributed by atoms with Crippen molar-refractivity contribution in [1.82, 2.24) is 14.7 Å². The Morgan fingerprint density at radius 2 is 1.50 bits per heavy atom. The molecule has 0 spiro atoms. The first kappa shape index (κ1) is 19.7. The Kier molecular flexibility index (Phi) is 7.36. The average Bonchev–Trinajstić information content (AvgIpc) is 2.68. The molecule has 1 aromatic rings. The summed E-state index contributed by atoms with van der Waals surface area (Å²) >= 11 is 4.96. The molecular weight excluding hydrogens is 418 g/mol. The van der Waals surface area contributed by atoms with Crippen molar-refractivity contribution in [2.24, 2.45) is 0 Å². The normalized spacial score (nSPS) is 18.8. The maximum Gasteiger partial charge on any atom is 0.236 e. The lowest BCUT2D eigenvalue weighted by molar-refractivity contribution is -0.139. The van der Waals surface area contributed by atoms with E-state index in [1.807, 2.05) is 34.1 Å². The monoisotopic (exact) mass is 441 g/mol. The molecule has 6 nitrogen and oxygen atoms in total. The largest absolute Gasteiger partial charge is 0.379 e. The summed E-state index contributed by atoms with van der Waals surface area (Å²) in [6.45, 7) is 5.97. The maximum absolute atomic E-state index is 12.4. The number of carbonyl (C=O) groups is 2. The number of rotatable bonds is 5. The summed E-state index contributed by atoms with van der Waals surface area (Å²) in [6, 6.07) is 7.96. The van der Waals surface area contributed by atoms with E-state index in [1.165, 1.54) is 0 Å². The van der Waals surface area contributed by atoms with Crippen molar-refractivity contribution < 1.29 is 14.3 Å². The fraction of sp³-hybridized carbons (Fsp3) is 0.556. The van der Waals surface area contributed by atoms with Crippen molar-refractivity contribution in [3.8, 4) is 0 Å². The lowest BCUT2D eigenvalue weighted by Crippen LogP contribution is -2.53. The molecule has 0 unspecified atom stereocenters. The molecule has 0 aromatic heterocycles. The number of carbonyl (C=O) groups excluding carboxylic acids is 2. The van der Waals surface area contributed by atoms with Gasteiger partial charge in [0.25, 0.3) is 0 Å². The van der Waals surface area contributed by atoms with Crippen LogP contribution < -0.4 is 0 Å². The van der Waals surface area contributed by atoms with Gasteiger partial charge in [-0.05, 0) is 24.3 Å². The highest BCUT2D eigenvalue weighted by Crippen LogP contribution is 2.21. The smallest absolute Gasteiger partial charge is 0.236 e. The fourth-order valence-corrected chi connectivity index (χ4v) is 4.09. The van der Waals surface area contributed by atoms with Crippen molar-refractivity contribution in [1.29, 1.82) is 0 Å². The molecule has 2 saturated heterocycles. The number of halogens is 1. The van der Waals surface area contributed by atoms with E-state index in [0.717, 1.165) is 22.5 Å². The maximum atomic E-state index is 12.4. The topological polar surface area (TPSA) is 53.1 Å². The Bertz CT molecular complexity index is 615. The fourth-order valence-electron chi connectivity index (χ4n) is 3.02. The van der Waals surface area contributed by atoms with Gasteiger partial charge in [-0.2, -0.15) is 0 Å². The van der Waals surface area contributed by atoms with Crippen LogP contribution in [0.15, 0.2) is 33.6 Å². The number of amides is 2. The van der Waals surface area contributed by atoms with E-state index in [0.29, 0.717) is 51.7 Å². The van der Waals surface area contributed by atoms with E-state index in [4.69, 9.17) is 4.74 Å². The number of ether oxygens (including phenoxy) is 1. The average molecular weight is 442 g/mol. The Balaban J connectivity index is 1.39. The van der Waals surface area contributed by atoms with E-state index in [1.54, 1.807) is 11.8 Å². The molecule has 0 saturated carbocycles. The molecule has 3 rings (SSSR count). The van der Waals surface area contributed by atoms with Gasteiger partial charge in [-0.25, -0.2) is 0 Å². The van der Waals surface area contributed by atoms with Gasteiger partial charge in [0.2, 0.25) is 11.8 Å². The van der Waals surface area contributed by atoms with Gasteiger partial charge < -0.3 is 14.5 Å². The number of hydrogen-bond donors (Lipinski definition) is 0. The summed E-state index contributed by atoms with van der Waals surface area (Å²) in [5.41, 5.74) is 0. The zero-order chi connectivity index (χ0) is 18.4. The predicted molar refractivity (Wildman–Crippen MR) is 105 cm³/mol. The van der Waals surface area contributed by atoms with Crippen molar-refractivity contribution in [3.05, 3.63) is 28.7 Å². The van der Waals surface area contributed by atoms with Crippen LogP contribution in [-0.4, -0.2) is 91.3 Å². The zero-order valence-corrected chi connectivity index (χ0v) is 17.1. The highest BCUT2D eigenvalue weighted by atomic mass is 79.9. The van der Waals surface area contributed by atoms with Crippen LogP contribution in [-0.2, 0) is 14.3 Å². The number of nitrogens with zero attached hydrogens (tertiary/aromatic N) is 3. The quantitative estimate of drug-likeness (QED) is 0.648. The van der Waals surface area contributed by atoms with Crippen LogP contribution in [0.3, 0.4) is 0 Å². The SMILES string of the molecule is O=C(CSc1ccc(Br)cc1)N1CCN(C(=O)CN2CCOCC2)CC1. The predicted octanol–water partition coefficient (Wildman–Crippen LogP) is 1.54. The number of piperazine rings is 1. The third-order valence-electron chi connectivity index (χ3n) is 4.62. The van der Waals surface area contributed by atoms with Crippen LogP contribution in [0.5, 0.6) is 0 Å². The first-order valence-electron chi connectivity index (χ1n) is 8.86. The van der Waals surface area contributed by atoms with Crippen molar-refractivity contribution >= 4 is 39.5 Å². The summed E-state index contributed by atoms with van der Waals surface area (Å²) in [5.74, 6) is 0.727. The summed E-state index contributed by atoms with van der Waals surface area (Å²) in [4.78, 5) is 31.8. The Labute approximate surface area is 167 Å². The molecule has 1 aromatic carbocycles. The van der Waals surface area contributed by atoms with Gasteiger partial charge >= 0.3 is 0 Å². The van der Waals surface area contributed by atoms with Crippen LogP contribution in [0.25, 0.3) is 0 Å². The van der Waals surface area contributed by atoms with Gasteiger partial charge in [0.15, 0.2) is 0 Å². The van der Waals surface area contributed by atoms with Gasteiger partial charge in [-0.1, -0.05) is 15.9 Å². The number of benzene rings is 1. The minimum absolute atomic E-state index is 0.137. The van der Waals surface area contributed by atoms with E-state index in [2.05, 4.69) is 20.8 Å². The van der Waals surface area contributed by atoms with E-state index < -0.39 is 0 Å². The van der Waals surface area contributed by atoms with Crippen molar-refractivity contribution in [3.63, 3.8) is 0 Å². The molecule has 0 radical (unpaired) electrons. The summed E-state index contributed by atoms with van der Waals surface area (Å²) < 4.78 is 6.35. The Hall–Kier alpha value is -1.09. The molecule has 0 aliphatic carbocycles. The highest BCUT2D eigenvalue weighted by Gasteiger charge is 2.25.